The van der Waals surface area contributed by atoms with Crippen LogP contribution >= 0.6 is 0 Å². The zero-order chi connectivity index (χ0) is 14.8. The molecule has 1 aromatic carbocycles. The van der Waals surface area contributed by atoms with E-state index in [2.05, 4.69) is 0 Å². The summed E-state index contributed by atoms with van der Waals surface area (Å²) in [6.45, 7) is 2.79. The van der Waals surface area contributed by atoms with Crippen LogP contribution in [0.3, 0.4) is 0 Å². The Hall–Kier alpha value is -1.49. The number of likely N-dealkylation sites (tertiary alicyclic amines) is 1. The molecule has 1 fully saturated rings. The molecule has 2 rings (SSSR count). The van der Waals surface area contributed by atoms with Gasteiger partial charge >= 0.3 is 5.97 Å². The Balaban J connectivity index is 2.19. The van der Waals surface area contributed by atoms with Gasteiger partial charge in [0.25, 0.3) is 6.43 Å². The van der Waals surface area contributed by atoms with Crippen LogP contribution in [0, 0.1) is 0 Å². The van der Waals surface area contributed by atoms with Crippen LogP contribution in [-0.2, 0) is 11.3 Å². The van der Waals surface area contributed by atoms with Crippen molar-refractivity contribution in [2.45, 2.75) is 44.7 Å². The van der Waals surface area contributed by atoms with Crippen molar-refractivity contribution >= 4 is 5.97 Å². The van der Waals surface area contributed by atoms with Gasteiger partial charge in [-0.25, -0.2) is 8.78 Å². The lowest BCUT2D eigenvalue weighted by Gasteiger charge is -2.41. The van der Waals surface area contributed by atoms with Crippen LogP contribution in [0.4, 0.5) is 8.78 Å². The van der Waals surface area contributed by atoms with Gasteiger partial charge < -0.3 is 5.11 Å². The summed E-state index contributed by atoms with van der Waals surface area (Å²) in [6, 6.07) is 6.21. The highest BCUT2D eigenvalue weighted by molar-refractivity contribution is 5.78. The van der Waals surface area contributed by atoms with E-state index < -0.39 is 17.9 Å². The molecule has 1 aliphatic heterocycles. The highest BCUT2D eigenvalue weighted by Gasteiger charge is 2.41. The molecule has 0 aliphatic carbocycles. The summed E-state index contributed by atoms with van der Waals surface area (Å²) in [5.41, 5.74) is -0.187. The van der Waals surface area contributed by atoms with E-state index >= 15 is 0 Å². The van der Waals surface area contributed by atoms with Gasteiger partial charge in [-0.3, -0.25) is 9.69 Å². The van der Waals surface area contributed by atoms with Crippen LogP contribution < -0.4 is 0 Å². The number of carboxylic acids is 1. The lowest BCUT2D eigenvalue weighted by atomic mass is 9.88. The number of carbonyl (C=O) groups is 1. The normalized spacial score (nSPS) is 24.0. The maximum absolute atomic E-state index is 12.7. The minimum Gasteiger partial charge on any atom is -0.480 e. The van der Waals surface area contributed by atoms with Gasteiger partial charge in [-0.2, -0.15) is 0 Å². The minimum absolute atomic E-state index is 0.0171. The summed E-state index contributed by atoms with van der Waals surface area (Å²) in [5.74, 6) is -0.845. The first-order valence-electron chi connectivity index (χ1n) is 6.79. The van der Waals surface area contributed by atoms with E-state index in [1.54, 1.807) is 19.1 Å². The van der Waals surface area contributed by atoms with E-state index in [0.29, 0.717) is 19.5 Å². The molecular weight excluding hydrogens is 264 g/mol. The highest BCUT2D eigenvalue weighted by Crippen LogP contribution is 2.30. The van der Waals surface area contributed by atoms with E-state index in [1.165, 1.54) is 12.1 Å². The Bertz CT molecular complexity index is 493. The van der Waals surface area contributed by atoms with Crippen molar-refractivity contribution in [3.05, 3.63) is 35.4 Å². The summed E-state index contributed by atoms with van der Waals surface area (Å²) in [5, 5.41) is 9.43. The average molecular weight is 283 g/mol. The van der Waals surface area contributed by atoms with Crippen LogP contribution in [0.2, 0.25) is 0 Å². The quantitative estimate of drug-likeness (QED) is 0.920. The summed E-state index contributed by atoms with van der Waals surface area (Å²) in [7, 11) is 0. The number of nitrogens with zero attached hydrogens (tertiary/aromatic N) is 1. The van der Waals surface area contributed by atoms with Crippen molar-refractivity contribution in [3.8, 4) is 0 Å². The predicted molar refractivity (Wildman–Crippen MR) is 71.7 cm³/mol. The monoisotopic (exact) mass is 283 g/mol. The molecule has 20 heavy (non-hydrogen) atoms. The molecule has 110 valence electrons. The van der Waals surface area contributed by atoms with Crippen LogP contribution in [0.25, 0.3) is 0 Å². The molecule has 0 aromatic heterocycles. The van der Waals surface area contributed by atoms with Crippen LogP contribution in [0.1, 0.15) is 43.7 Å². The van der Waals surface area contributed by atoms with Crippen molar-refractivity contribution in [1.82, 2.24) is 4.90 Å². The van der Waals surface area contributed by atoms with Crippen LogP contribution in [0.5, 0.6) is 0 Å². The third kappa shape index (κ3) is 2.98. The zero-order valence-corrected chi connectivity index (χ0v) is 11.5. The molecule has 0 saturated carbocycles. The second-order valence-electron chi connectivity index (χ2n) is 5.50. The second kappa shape index (κ2) is 5.87. The number of benzene rings is 1. The molecule has 1 unspecified atom stereocenters. The molecular formula is C15H19F2NO2. The average Bonchev–Trinajstić information content (AvgIpc) is 2.41. The fourth-order valence-corrected chi connectivity index (χ4v) is 2.72. The Labute approximate surface area is 117 Å². The number of rotatable bonds is 4. The third-order valence-corrected chi connectivity index (χ3v) is 4.08. The van der Waals surface area contributed by atoms with Gasteiger partial charge in [0.1, 0.15) is 5.54 Å². The maximum Gasteiger partial charge on any atom is 0.323 e. The van der Waals surface area contributed by atoms with Gasteiger partial charge in [-0.1, -0.05) is 18.2 Å². The highest BCUT2D eigenvalue weighted by atomic mass is 19.3. The van der Waals surface area contributed by atoms with E-state index in [1.807, 2.05) is 4.90 Å². The first kappa shape index (κ1) is 14.9. The third-order valence-electron chi connectivity index (χ3n) is 4.08. The number of hydrogen-bond donors (Lipinski definition) is 1. The SMILES string of the molecule is CC1(C(=O)O)CCCCN1Cc1cccc(C(F)F)c1. The van der Waals surface area contributed by atoms with Gasteiger partial charge in [0.05, 0.1) is 0 Å². The molecule has 1 N–H and O–H groups in total. The van der Waals surface area contributed by atoms with Crippen molar-refractivity contribution < 1.29 is 18.7 Å². The Morgan fingerprint density at radius 2 is 2.20 bits per heavy atom. The number of aliphatic carboxylic acids is 1. The van der Waals surface area contributed by atoms with Gasteiger partial charge in [0.15, 0.2) is 0 Å². The van der Waals surface area contributed by atoms with Crippen molar-refractivity contribution in [3.63, 3.8) is 0 Å². The molecule has 0 amide bonds. The van der Waals surface area contributed by atoms with E-state index in [0.717, 1.165) is 18.4 Å². The van der Waals surface area contributed by atoms with Crippen molar-refractivity contribution in [1.29, 1.82) is 0 Å². The molecule has 0 bridgehead atoms. The maximum atomic E-state index is 12.7. The molecule has 5 heteroatoms. The number of halogens is 2. The molecule has 1 aliphatic rings. The lowest BCUT2D eigenvalue weighted by molar-refractivity contribution is -0.153. The Morgan fingerprint density at radius 3 is 2.85 bits per heavy atom. The summed E-state index contributed by atoms with van der Waals surface area (Å²) >= 11 is 0. The smallest absolute Gasteiger partial charge is 0.323 e. The molecule has 0 radical (unpaired) electrons. The number of alkyl halides is 2. The molecule has 3 nitrogen and oxygen atoms in total. The fourth-order valence-electron chi connectivity index (χ4n) is 2.72. The zero-order valence-electron chi connectivity index (χ0n) is 11.5. The molecule has 1 atom stereocenters. The van der Waals surface area contributed by atoms with E-state index in [4.69, 9.17) is 0 Å². The lowest BCUT2D eigenvalue weighted by Crippen LogP contribution is -2.54. The first-order chi connectivity index (χ1) is 9.43. The molecule has 1 saturated heterocycles. The summed E-state index contributed by atoms with van der Waals surface area (Å²) < 4.78 is 25.4. The largest absolute Gasteiger partial charge is 0.480 e. The molecule has 1 heterocycles. The fraction of sp³-hybridized carbons (Fsp3) is 0.533. The molecule has 0 spiro atoms. The standard InChI is InChI=1S/C15H19F2NO2/c1-15(14(19)20)7-2-3-8-18(15)10-11-5-4-6-12(9-11)13(16)17/h4-6,9,13H,2-3,7-8,10H2,1H3,(H,19,20). The van der Waals surface area contributed by atoms with E-state index in [-0.39, 0.29) is 5.56 Å². The van der Waals surface area contributed by atoms with Crippen molar-refractivity contribution in [2.75, 3.05) is 6.54 Å². The number of hydrogen-bond acceptors (Lipinski definition) is 2. The van der Waals surface area contributed by atoms with Crippen molar-refractivity contribution in [2.24, 2.45) is 0 Å². The topological polar surface area (TPSA) is 40.5 Å². The van der Waals surface area contributed by atoms with Gasteiger partial charge in [0.2, 0.25) is 0 Å². The van der Waals surface area contributed by atoms with Gasteiger partial charge in [0, 0.05) is 12.1 Å². The Morgan fingerprint density at radius 1 is 1.45 bits per heavy atom. The van der Waals surface area contributed by atoms with Gasteiger partial charge in [-0.15, -0.1) is 0 Å². The van der Waals surface area contributed by atoms with Gasteiger partial charge in [-0.05, 0) is 44.4 Å². The Kier molecular flexibility index (Phi) is 4.38. The van der Waals surface area contributed by atoms with Crippen LogP contribution in [0.15, 0.2) is 24.3 Å². The van der Waals surface area contributed by atoms with E-state index in [9.17, 15) is 18.7 Å². The summed E-state index contributed by atoms with van der Waals surface area (Å²) in [6.07, 6.45) is -0.0767. The first-order valence-corrected chi connectivity index (χ1v) is 6.79. The molecule has 1 aromatic rings. The second-order valence-corrected chi connectivity index (χ2v) is 5.50. The number of piperidine rings is 1. The number of carboxylic acid groups (broad SMARTS) is 1. The minimum atomic E-state index is -2.50. The predicted octanol–water partition coefficient (Wildman–Crippen LogP) is 3.45. The summed E-state index contributed by atoms with van der Waals surface area (Å²) in [4.78, 5) is 13.4. The van der Waals surface area contributed by atoms with Crippen LogP contribution in [-0.4, -0.2) is 28.1 Å².